The molecule has 3 aromatic rings. The second-order valence-electron chi connectivity index (χ2n) is 7.10. The molecule has 0 bridgehead atoms. The van der Waals surface area contributed by atoms with E-state index in [1.807, 2.05) is 6.92 Å². The zero-order valence-electron chi connectivity index (χ0n) is 19.1. The van der Waals surface area contributed by atoms with Crippen molar-refractivity contribution in [3.63, 3.8) is 0 Å². The van der Waals surface area contributed by atoms with Crippen LogP contribution in [0.25, 0.3) is 5.69 Å². The Morgan fingerprint density at radius 1 is 1.03 bits per heavy atom. The Morgan fingerprint density at radius 3 is 2.21 bits per heavy atom. The molecule has 34 heavy (non-hydrogen) atoms. The van der Waals surface area contributed by atoms with Crippen molar-refractivity contribution in [1.82, 2.24) is 13.9 Å². The fourth-order valence-corrected chi connectivity index (χ4v) is 4.77. The number of aliphatic imine (C=N–C) groups is 1. The Kier molecular flexibility index (Phi) is 7.69. The van der Waals surface area contributed by atoms with Gasteiger partial charge in [-0.2, -0.15) is 4.31 Å². The molecule has 2 aromatic carbocycles. The molecule has 1 heterocycles. The topological polar surface area (TPSA) is 134 Å². The van der Waals surface area contributed by atoms with E-state index >= 15 is 0 Å². The zero-order valence-corrected chi connectivity index (χ0v) is 19.9. The molecule has 11 heteroatoms. The van der Waals surface area contributed by atoms with E-state index in [0.29, 0.717) is 36.8 Å². The Balaban J connectivity index is 1.94. The van der Waals surface area contributed by atoms with Crippen LogP contribution in [0.5, 0.6) is 11.6 Å². The lowest BCUT2D eigenvalue weighted by Gasteiger charge is -2.18. The van der Waals surface area contributed by atoms with Gasteiger partial charge in [0.2, 0.25) is 15.9 Å². The molecule has 10 nitrogen and oxygen atoms in total. The predicted molar refractivity (Wildman–Crippen MR) is 129 cm³/mol. The number of hydrogen-bond acceptors (Lipinski definition) is 7. The summed E-state index contributed by atoms with van der Waals surface area (Å²) < 4.78 is 32.9. The number of aromatic nitrogens is 2. The maximum Gasteiger partial charge on any atom is 0.335 e. The molecule has 1 aromatic heterocycles. The summed E-state index contributed by atoms with van der Waals surface area (Å²) >= 11 is 0. The van der Waals surface area contributed by atoms with Crippen molar-refractivity contribution in [2.45, 2.75) is 25.7 Å². The zero-order chi connectivity index (χ0) is 24.9. The summed E-state index contributed by atoms with van der Waals surface area (Å²) in [5.41, 5.74) is -1.17. The van der Waals surface area contributed by atoms with Crippen molar-refractivity contribution in [2.75, 3.05) is 19.7 Å². The lowest BCUT2D eigenvalue weighted by atomic mass is 10.2. The molecule has 0 spiro atoms. The number of hydrogen-bond donors (Lipinski definition) is 2. The number of ether oxygens (including phenoxy) is 1. The molecule has 2 N–H and O–H groups in total. The van der Waals surface area contributed by atoms with Gasteiger partial charge in [-0.05, 0) is 55.5 Å². The number of nitrogens with zero attached hydrogens (tertiary/aromatic N) is 3. The highest BCUT2D eigenvalue weighted by Crippen LogP contribution is 2.22. The van der Waals surface area contributed by atoms with Crippen molar-refractivity contribution in [2.24, 2.45) is 4.99 Å². The third-order valence-corrected chi connectivity index (χ3v) is 7.11. The molecule has 0 saturated carbocycles. The molecular formula is C23H26N4O6S. The van der Waals surface area contributed by atoms with Crippen molar-refractivity contribution < 1.29 is 18.3 Å². The molecule has 0 unspecified atom stereocenters. The normalized spacial score (nSPS) is 11.9. The molecule has 0 aliphatic carbocycles. The number of H-pyrrole nitrogens is 1. The van der Waals surface area contributed by atoms with E-state index in [2.05, 4.69) is 9.98 Å². The highest BCUT2D eigenvalue weighted by Gasteiger charge is 2.21. The van der Waals surface area contributed by atoms with Gasteiger partial charge in [0.15, 0.2) is 0 Å². The predicted octanol–water partition coefficient (Wildman–Crippen LogP) is 2.41. The van der Waals surface area contributed by atoms with Crippen molar-refractivity contribution in [1.29, 1.82) is 0 Å². The average Bonchev–Trinajstić information content (AvgIpc) is 2.81. The molecule has 0 fully saturated rings. The summed E-state index contributed by atoms with van der Waals surface area (Å²) in [6.07, 6.45) is 1.12. The van der Waals surface area contributed by atoms with Crippen molar-refractivity contribution >= 4 is 21.9 Å². The molecule has 0 atom stereocenters. The molecule has 0 aliphatic heterocycles. The van der Waals surface area contributed by atoms with Crippen LogP contribution in [0.1, 0.15) is 26.3 Å². The quantitative estimate of drug-likeness (QED) is 0.446. The summed E-state index contributed by atoms with van der Waals surface area (Å²) in [5.74, 6) is 0.0128. The maximum atomic E-state index is 12.6. The van der Waals surface area contributed by atoms with Crippen LogP contribution >= 0.6 is 0 Å². The Bertz CT molecular complexity index is 1390. The lowest BCUT2D eigenvalue weighted by molar-refractivity contribution is 0.340. The van der Waals surface area contributed by atoms with Crippen LogP contribution in [0.3, 0.4) is 0 Å². The van der Waals surface area contributed by atoms with E-state index in [9.17, 15) is 23.1 Å². The number of rotatable bonds is 9. The smallest absolute Gasteiger partial charge is 0.335 e. The third-order valence-electron chi connectivity index (χ3n) is 5.05. The van der Waals surface area contributed by atoms with Gasteiger partial charge in [0.25, 0.3) is 5.56 Å². The van der Waals surface area contributed by atoms with Gasteiger partial charge in [-0.15, -0.1) is 0 Å². The monoisotopic (exact) mass is 486 g/mol. The number of aromatic hydroxyl groups is 1. The van der Waals surface area contributed by atoms with Crippen molar-refractivity contribution in [3.8, 4) is 17.3 Å². The van der Waals surface area contributed by atoms with Crippen LogP contribution in [0.2, 0.25) is 0 Å². The van der Waals surface area contributed by atoms with Gasteiger partial charge in [-0.1, -0.05) is 13.8 Å². The van der Waals surface area contributed by atoms with Crippen LogP contribution in [0, 0.1) is 0 Å². The molecule has 3 rings (SSSR count). The summed E-state index contributed by atoms with van der Waals surface area (Å²) in [4.78, 5) is 31.1. The SMILES string of the molecule is CCOc1ccc(-n2c(O)c(C=Nc3ccc(S(=O)(=O)N(CC)CC)cc3)c(=O)[nH]c2=O)cc1. The van der Waals surface area contributed by atoms with E-state index in [1.54, 1.807) is 38.1 Å². The van der Waals surface area contributed by atoms with E-state index in [1.165, 1.54) is 28.6 Å². The van der Waals surface area contributed by atoms with Gasteiger partial charge >= 0.3 is 5.69 Å². The van der Waals surface area contributed by atoms with Gasteiger partial charge < -0.3 is 9.84 Å². The van der Waals surface area contributed by atoms with E-state index in [0.717, 1.165) is 10.8 Å². The standard InChI is InChI=1S/C23H26N4O6S/c1-4-26(5-2)34(31,32)19-13-7-16(8-14-19)24-15-20-21(28)25-23(30)27(22(20)29)17-9-11-18(12-10-17)33-6-3/h7-15,29H,4-6H2,1-3H3,(H,25,28,30). The van der Waals surface area contributed by atoms with E-state index in [-0.39, 0.29) is 10.5 Å². The van der Waals surface area contributed by atoms with Crippen LogP contribution in [-0.2, 0) is 10.0 Å². The van der Waals surface area contributed by atoms with E-state index < -0.39 is 27.2 Å². The van der Waals surface area contributed by atoms with Crippen LogP contribution in [0.4, 0.5) is 5.69 Å². The molecule has 0 amide bonds. The minimum Gasteiger partial charge on any atom is -0.494 e. The number of aromatic amines is 1. The number of nitrogens with one attached hydrogen (secondary N) is 1. The summed E-state index contributed by atoms with van der Waals surface area (Å²) in [6.45, 7) is 6.55. The second kappa shape index (κ2) is 10.5. The highest BCUT2D eigenvalue weighted by molar-refractivity contribution is 7.89. The fraction of sp³-hybridized carbons (Fsp3) is 0.261. The fourth-order valence-electron chi connectivity index (χ4n) is 3.31. The van der Waals surface area contributed by atoms with Crippen molar-refractivity contribution in [3.05, 3.63) is 74.9 Å². The van der Waals surface area contributed by atoms with Gasteiger partial charge in [-0.25, -0.2) is 17.8 Å². The summed E-state index contributed by atoms with van der Waals surface area (Å²) in [6, 6.07) is 12.2. The molecule has 0 saturated heterocycles. The Labute approximate surface area is 196 Å². The van der Waals surface area contributed by atoms with Crippen LogP contribution < -0.4 is 16.0 Å². The Morgan fingerprint density at radius 2 is 1.65 bits per heavy atom. The summed E-state index contributed by atoms with van der Waals surface area (Å²) in [7, 11) is -3.61. The Hall–Kier alpha value is -3.70. The van der Waals surface area contributed by atoms with Crippen LogP contribution in [-0.4, -0.2) is 53.3 Å². The lowest BCUT2D eigenvalue weighted by Crippen LogP contribution is -2.31. The van der Waals surface area contributed by atoms with E-state index in [4.69, 9.17) is 4.74 Å². The number of sulfonamides is 1. The maximum absolute atomic E-state index is 12.6. The first kappa shape index (κ1) is 24.9. The first-order valence-electron chi connectivity index (χ1n) is 10.7. The largest absolute Gasteiger partial charge is 0.494 e. The molecular weight excluding hydrogens is 460 g/mol. The molecule has 180 valence electrons. The minimum atomic E-state index is -3.61. The van der Waals surface area contributed by atoms with Gasteiger partial charge in [-0.3, -0.25) is 14.8 Å². The first-order valence-corrected chi connectivity index (χ1v) is 12.1. The van der Waals surface area contributed by atoms with Gasteiger partial charge in [0.1, 0.15) is 11.3 Å². The molecule has 0 radical (unpaired) electrons. The highest BCUT2D eigenvalue weighted by atomic mass is 32.2. The van der Waals surface area contributed by atoms with Crippen LogP contribution in [0.15, 0.2) is 68.0 Å². The molecule has 0 aliphatic rings. The number of benzene rings is 2. The second-order valence-corrected chi connectivity index (χ2v) is 9.04. The van der Waals surface area contributed by atoms with Gasteiger partial charge in [0.05, 0.1) is 22.9 Å². The third kappa shape index (κ3) is 5.10. The first-order chi connectivity index (χ1) is 16.2. The van der Waals surface area contributed by atoms with Gasteiger partial charge in [0, 0.05) is 19.3 Å². The average molecular weight is 487 g/mol. The minimum absolute atomic E-state index is 0.125. The summed E-state index contributed by atoms with van der Waals surface area (Å²) in [5, 5.41) is 10.7.